The summed E-state index contributed by atoms with van der Waals surface area (Å²) in [4.78, 5) is 17.8. The first kappa shape index (κ1) is 33.9. The third-order valence-corrected chi connectivity index (χ3v) is 12.6. The zero-order valence-electron chi connectivity index (χ0n) is 31.2. The van der Waals surface area contributed by atoms with Crippen LogP contribution in [0, 0.1) is 11.3 Å². The quantitative estimate of drug-likeness (QED) is 0.175. The average molecular weight is 757 g/mol. The molecule has 270 valence electrons. The minimum atomic E-state index is -0.588. The van der Waals surface area contributed by atoms with Gasteiger partial charge in [0.05, 0.1) is 17.0 Å². The number of nitrogens with zero attached hydrogens (tertiary/aromatic N) is 4. The van der Waals surface area contributed by atoms with Gasteiger partial charge in [-0.15, -0.1) is 0 Å². The van der Waals surface area contributed by atoms with E-state index in [-0.39, 0.29) is 0 Å². The molecule has 2 aliphatic rings. The molecule has 1 spiro atoms. The van der Waals surface area contributed by atoms with E-state index < -0.39 is 5.41 Å². The molecule has 2 heterocycles. The van der Waals surface area contributed by atoms with Crippen LogP contribution in [0.1, 0.15) is 27.8 Å². The average Bonchev–Trinajstić information content (AvgIpc) is 3.59. The Morgan fingerprint density at radius 1 is 0.362 bits per heavy atom. The molecule has 5 heteroatoms. The van der Waals surface area contributed by atoms with Gasteiger partial charge in [0.25, 0.3) is 0 Å². The standard InChI is InChI=1S/C53H32N4S/c54-33-34-19-21-35(22-20-34)36-23-25-37(26-24-36)40-28-30-49-47(31-40)53(45-17-9-10-18-48(45)58-49)44-16-8-7-15-42(44)43-29-27-41(32-46(43)53)52-56-50(38-11-3-1-4-12-38)55-51(57-52)39-13-5-2-6-14-39/h1-32H. The number of benzene rings is 8. The van der Waals surface area contributed by atoms with E-state index in [9.17, 15) is 5.26 Å². The molecule has 58 heavy (non-hydrogen) atoms. The van der Waals surface area contributed by atoms with Crippen molar-refractivity contribution in [1.82, 2.24) is 15.0 Å². The minimum Gasteiger partial charge on any atom is -0.208 e. The summed E-state index contributed by atoms with van der Waals surface area (Å²) in [5.41, 5.74) is 14.9. The van der Waals surface area contributed by atoms with Gasteiger partial charge in [-0.05, 0) is 92.0 Å². The van der Waals surface area contributed by atoms with Gasteiger partial charge in [0, 0.05) is 26.5 Å². The Labute approximate surface area is 341 Å². The highest BCUT2D eigenvalue weighted by Gasteiger charge is 2.50. The maximum atomic E-state index is 9.29. The Balaban J connectivity index is 1.11. The normalized spacial score (nSPS) is 14.5. The maximum Gasteiger partial charge on any atom is 0.164 e. The van der Waals surface area contributed by atoms with Gasteiger partial charge < -0.3 is 0 Å². The molecule has 0 saturated heterocycles. The van der Waals surface area contributed by atoms with Crippen molar-refractivity contribution in [2.75, 3.05) is 0 Å². The number of hydrogen-bond donors (Lipinski definition) is 0. The number of fused-ring (bicyclic) bond motifs is 9. The fourth-order valence-corrected chi connectivity index (χ4v) is 9.92. The second-order valence-corrected chi connectivity index (χ2v) is 15.8. The Hall–Kier alpha value is -7.39. The van der Waals surface area contributed by atoms with Gasteiger partial charge >= 0.3 is 0 Å². The highest BCUT2D eigenvalue weighted by molar-refractivity contribution is 7.99. The Bertz CT molecular complexity index is 3020. The molecular weight excluding hydrogens is 725 g/mol. The highest BCUT2D eigenvalue weighted by Crippen LogP contribution is 2.62. The van der Waals surface area contributed by atoms with Gasteiger partial charge in [-0.1, -0.05) is 169 Å². The second-order valence-electron chi connectivity index (χ2n) is 14.7. The topological polar surface area (TPSA) is 62.5 Å². The third kappa shape index (κ3) is 5.42. The van der Waals surface area contributed by atoms with Gasteiger partial charge in [-0.2, -0.15) is 5.26 Å². The molecule has 0 amide bonds. The first-order valence-corrected chi connectivity index (χ1v) is 20.1. The summed E-state index contributed by atoms with van der Waals surface area (Å²) in [6.45, 7) is 0. The van der Waals surface area contributed by atoms with Crippen molar-refractivity contribution < 1.29 is 0 Å². The lowest BCUT2D eigenvalue weighted by molar-refractivity contribution is 0.723. The lowest BCUT2D eigenvalue weighted by atomic mass is 9.66. The fourth-order valence-electron chi connectivity index (χ4n) is 8.75. The van der Waals surface area contributed by atoms with Crippen LogP contribution in [-0.2, 0) is 5.41 Å². The molecule has 9 aromatic rings. The molecule has 0 N–H and O–H groups in total. The molecule has 1 atom stereocenters. The summed E-state index contributed by atoms with van der Waals surface area (Å²) in [5.74, 6) is 1.92. The summed E-state index contributed by atoms with van der Waals surface area (Å²) >= 11 is 1.84. The van der Waals surface area contributed by atoms with Gasteiger partial charge in [0.2, 0.25) is 0 Å². The molecule has 8 aromatic carbocycles. The largest absolute Gasteiger partial charge is 0.208 e. The van der Waals surface area contributed by atoms with E-state index in [1.807, 2.05) is 96.7 Å². The van der Waals surface area contributed by atoms with Crippen molar-refractivity contribution in [3.05, 3.63) is 222 Å². The van der Waals surface area contributed by atoms with Crippen LogP contribution in [0.5, 0.6) is 0 Å². The summed E-state index contributed by atoms with van der Waals surface area (Å²) in [6.07, 6.45) is 0. The monoisotopic (exact) mass is 756 g/mol. The number of nitriles is 1. The van der Waals surface area contributed by atoms with E-state index in [1.165, 1.54) is 43.2 Å². The van der Waals surface area contributed by atoms with Crippen LogP contribution in [0.25, 0.3) is 67.5 Å². The first-order valence-electron chi connectivity index (χ1n) is 19.3. The van der Waals surface area contributed by atoms with E-state index in [0.717, 1.165) is 38.9 Å². The van der Waals surface area contributed by atoms with E-state index in [2.05, 4.69) is 115 Å². The maximum absolute atomic E-state index is 9.29. The second kappa shape index (κ2) is 13.7. The Morgan fingerprint density at radius 3 is 1.48 bits per heavy atom. The molecule has 4 nitrogen and oxygen atoms in total. The minimum absolute atomic E-state index is 0.588. The Morgan fingerprint density at radius 2 is 0.828 bits per heavy atom. The van der Waals surface area contributed by atoms with E-state index >= 15 is 0 Å². The van der Waals surface area contributed by atoms with Crippen molar-refractivity contribution in [3.63, 3.8) is 0 Å². The van der Waals surface area contributed by atoms with E-state index in [1.54, 1.807) is 0 Å². The summed E-state index contributed by atoms with van der Waals surface area (Å²) in [5, 5.41) is 9.29. The van der Waals surface area contributed by atoms with Crippen LogP contribution >= 0.6 is 11.8 Å². The highest BCUT2D eigenvalue weighted by atomic mass is 32.2. The lowest BCUT2D eigenvalue weighted by Crippen LogP contribution is -2.32. The summed E-state index contributed by atoms with van der Waals surface area (Å²) in [6, 6.07) is 70.6. The van der Waals surface area contributed by atoms with Crippen molar-refractivity contribution in [1.29, 1.82) is 5.26 Å². The molecule has 1 aliphatic carbocycles. The molecular formula is C53H32N4S. The number of hydrogen-bond acceptors (Lipinski definition) is 5. The fraction of sp³-hybridized carbons (Fsp3) is 0.0189. The summed E-state index contributed by atoms with van der Waals surface area (Å²) < 4.78 is 0. The van der Waals surface area contributed by atoms with Crippen LogP contribution in [0.4, 0.5) is 0 Å². The van der Waals surface area contributed by atoms with Crippen molar-refractivity contribution in [3.8, 4) is 73.6 Å². The molecule has 0 radical (unpaired) electrons. The molecule has 0 bridgehead atoms. The predicted molar refractivity (Wildman–Crippen MR) is 233 cm³/mol. The van der Waals surface area contributed by atoms with Crippen LogP contribution in [0.15, 0.2) is 204 Å². The molecule has 0 saturated carbocycles. The van der Waals surface area contributed by atoms with Gasteiger partial charge in [-0.25, -0.2) is 15.0 Å². The summed E-state index contributed by atoms with van der Waals surface area (Å²) in [7, 11) is 0. The van der Waals surface area contributed by atoms with Gasteiger partial charge in [-0.3, -0.25) is 0 Å². The molecule has 11 rings (SSSR count). The van der Waals surface area contributed by atoms with Crippen LogP contribution < -0.4 is 0 Å². The van der Waals surface area contributed by atoms with Crippen LogP contribution in [-0.4, -0.2) is 15.0 Å². The van der Waals surface area contributed by atoms with Gasteiger partial charge in [0.1, 0.15) is 0 Å². The predicted octanol–water partition coefficient (Wildman–Crippen LogP) is 12.9. The zero-order valence-corrected chi connectivity index (χ0v) is 32.0. The smallest absolute Gasteiger partial charge is 0.164 e. The lowest BCUT2D eigenvalue weighted by Gasteiger charge is -2.40. The SMILES string of the molecule is N#Cc1ccc(-c2ccc(-c3ccc4c(c3)C3(c5ccccc5S4)c4ccccc4-c4ccc(-c5nc(-c6ccccc6)nc(-c6ccccc6)n5)cc43)cc2)cc1. The van der Waals surface area contributed by atoms with E-state index in [4.69, 9.17) is 15.0 Å². The number of aromatic nitrogens is 3. The zero-order chi connectivity index (χ0) is 38.6. The van der Waals surface area contributed by atoms with E-state index in [0.29, 0.717) is 23.0 Å². The Kier molecular flexibility index (Phi) is 7.99. The molecule has 1 aromatic heterocycles. The van der Waals surface area contributed by atoms with Crippen molar-refractivity contribution in [2.24, 2.45) is 0 Å². The van der Waals surface area contributed by atoms with Gasteiger partial charge in [0.15, 0.2) is 17.5 Å². The van der Waals surface area contributed by atoms with Crippen LogP contribution in [0.3, 0.4) is 0 Å². The van der Waals surface area contributed by atoms with Crippen LogP contribution in [0.2, 0.25) is 0 Å². The third-order valence-electron chi connectivity index (χ3n) is 11.5. The molecule has 1 aliphatic heterocycles. The molecule has 1 unspecified atom stereocenters. The molecule has 0 fully saturated rings. The van der Waals surface area contributed by atoms with Crippen molar-refractivity contribution >= 4 is 11.8 Å². The number of rotatable bonds is 5. The van der Waals surface area contributed by atoms with Crippen molar-refractivity contribution in [2.45, 2.75) is 15.2 Å². The first-order chi connectivity index (χ1) is 28.7.